The summed E-state index contributed by atoms with van der Waals surface area (Å²) in [5, 5.41) is 14.7. The van der Waals surface area contributed by atoms with Gasteiger partial charge in [-0.15, -0.1) is 0 Å². The van der Waals surface area contributed by atoms with Gasteiger partial charge < -0.3 is 15.4 Å². The summed E-state index contributed by atoms with van der Waals surface area (Å²) in [6.07, 6.45) is 0. The Hall–Kier alpha value is -2.71. The molecule has 0 atom stereocenters. The molecule has 0 spiro atoms. The molecule has 0 heterocycles. The number of carbonyl (C=O) groups is 1. The maximum Gasteiger partial charge on any atom is 0.319 e. The van der Waals surface area contributed by atoms with Gasteiger partial charge in [-0.05, 0) is 42.5 Å². The predicted octanol–water partition coefficient (Wildman–Crippen LogP) is 3.41. The van der Waals surface area contributed by atoms with Crippen molar-refractivity contribution in [3.8, 4) is 11.8 Å². The Kier molecular flexibility index (Phi) is 5.64. The average molecular weight is 316 g/mol. The maximum atomic E-state index is 11.7. The van der Waals surface area contributed by atoms with Gasteiger partial charge in [0.1, 0.15) is 12.4 Å². The third-order valence-electron chi connectivity index (χ3n) is 2.72. The molecule has 2 rings (SSSR count). The first kappa shape index (κ1) is 15.7. The number of carbonyl (C=O) groups excluding carboxylic acids is 1. The molecule has 2 aromatic carbocycles. The molecule has 0 radical (unpaired) electrons. The Labute approximate surface area is 133 Å². The Balaban J connectivity index is 1.71. The Bertz CT molecular complexity index is 681. The van der Waals surface area contributed by atoms with Crippen molar-refractivity contribution in [2.45, 2.75) is 0 Å². The second-order valence-electron chi connectivity index (χ2n) is 4.38. The van der Waals surface area contributed by atoms with E-state index in [1.807, 2.05) is 6.07 Å². The number of hydrogen-bond acceptors (Lipinski definition) is 3. The van der Waals surface area contributed by atoms with Crippen molar-refractivity contribution in [3.05, 3.63) is 59.1 Å². The van der Waals surface area contributed by atoms with E-state index in [4.69, 9.17) is 21.6 Å². The highest BCUT2D eigenvalue weighted by atomic mass is 35.5. The summed E-state index contributed by atoms with van der Waals surface area (Å²) in [6.45, 7) is 0.694. The van der Waals surface area contributed by atoms with Crippen molar-refractivity contribution in [2.24, 2.45) is 0 Å². The minimum Gasteiger partial charge on any atom is -0.492 e. The highest BCUT2D eigenvalue weighted by Crippen LogP contribution is 2.15. The Morgan fingerprint density at radius 2 is 2.00 bits per heavy atom. The summed E-state index contributed by atoms with van der Waals surface area (Å²) in [5.41, 5.74) is 1.05. The average Bonchev–Trinajstić information content (AvgIpc) is 2.53. The molecule has 2 aromatic rings. The monoisotopic (exact) mass is 315 g/mol. The summed E-state index contributed by atoms with van der Waals surface area (Å²) >= 11 is 5.77. The van der Waals surface area contributed by atoms with Gasteiger partial charge in [0.15, 0.2) is 0 Å². The summed E-state index contributed by atoms with van der Waals surface area (Å²) in [5.74, 6) is 0.688. The van der Waals surface area contributed by atoms with Crippen molar-refractivity contribution in [1.82, 2.24) is 5.32 Å². The minimum absolute atomic E-state index is 0.341. The lowest BCUT2D eigenvalue weighted by molar-refractivity contribution is 0.247. The number of hydrogen-bond donors (Lipinski definition) is 2. The number of halogens is 1. The first-order chi connectivity index (χ1) is 10.7. The minimum atomic E-state index is -0.352. The molecule has 0 saturated carbocycles. The van der Waals surface area contributed by atoms with Crippen LogP contribution in [-0.2, 0) is 0 Å². The number of nitriles is 1. The van der Waals surface area contributed by atoms with Crippen LogP contribution in [-0.4, -0.2) is 19.2 Å². The lowest BCUT2D eigenvalue weighted by atomic mass is 10.2. The normalized spacial score (nSPS) is 9.64. The smallest absolute Gasteiger partial charge is 0.319 e. The largest absolute Gasteiger partial charge is 0.492 e. The molecule has 6 heteroatoms. The van der Waals surface area contributed by atoms with Gasteiger partial charge in [-0.1, -0.05) is 17.7 Å². The zero-order chi connectivity index (χ0) is 15.8. The van der Waals surface area contributed by atoms with Crippen LogP contribution in [0.5, 0.6) is 5.75 Å². The van der Waals surface area contributed by atoms with Gasteiger partial charge in [0, 0.05) is 10.7 Å². The van der Waals surface area contributed by atoms with Crippen LogP contribution in [0.3, 0.4) is 0 Å². The molecule has 0 aliphatic heterocycles. The van der Waals surface area contributed by atoms with Gasteiger partial charge >= 0.3 is 6.03 Å². The molecule has 0 aliphatic carbocycles. The van der Waals surface area contributed by atoms with Crippen molar-refractivity contribution in [2.75, 3.05) is 18.5 Å². The summed E-state index contributed by atoms with van der Waals surface area (Å²) in [4.78, 5) is 11.7. The number of nitrogens with one attached hydrogen (secondary N) is 2. The third-order valence-corrected chi connectivity index (χ3v) is 2.97. The van der Waals surface area contributed by atoms with Gasteiger partial charge in [-0.2, -0.15) is 5.26 Å². The number of ether oxygens (including phenoxy) is 1. The van der Waals surface area contributed by atoms with Crippen LogP contribution in [0.4, 0.5) is 10.5 Å². The molecule has 0 bridgehead atoms. The molecule has 5 nitrogen and oxygen atoms in total. The quantitative estimate of drug-likeness (QED) is 0.830. The van der Waals surface area contributed by atoms with Gasteiger partial charge in [-0.25, -0.2) is 4.79 Å². The van der Waals surface area contributed by atoms with Crippen molar-refractivity contribution >= 4 is 23.3 Å². The van der Waals surface area contributed by atoms with E-state index in [0.717, 1.165) is 0 Å². The highest BCUT2D eigenvalue weighted by molar-refractivity contribution is 6.30. The number of benzene rings is 2. The zero-order valence-electron chi connectivity index (χ0n) is 11.7. The Morgan fingerprint density at radius 1 is 1.23 bits per heavy atom. The standard InChI is InChI=1S/C16H14ClN3O2/c17-13-4-6-15(7-5-13)22-9-8-19-16(21)20-14-3-1-2-12(10-14)11-18/h1-7,10H,8-9H2,(H2,19,20,21). The molecule has 0 saturated heterocycles. The third kappa shape index (κ3) is 5.00. The van der Waals surface area contributed by atoms with Crippen molar-refractivity contribution in [3.63, 3.8) is 0 Å². The van der Waals surface area contributed by atoms with Gasteiger partial charge in [0.05, 0.1) is 18.2 Å². The molecule has 2 N–H and O–H groups in total. The van der Waals surface area contributed by atoms with Crippen LogP contribution in [0.1, 0.15) is 5.56 Å². The number of anilines is 1. The summed E-state index contributed by atoms with van der Waals surface area (Å²) < 4.78 is 5.45. The highest BCUT2D eigenvalue weighted by Gasteiger charge is 2.02. The van der Waals surface area contributed by atoms with Gasteiger partial charge in [0.2, 0.25) is 0 Å². The SMILES string of the molecule is N#Cc1cccc(NC(=O)NCCOc2ccc(Cl)cc2)c1. The second-order valence-corrected chi connectivity index (χ2v) is 4.81. The number of nitrogens with zero attached hydrogens (tertiary/aromatic N) is 1. The van der Waals surface area contributed by atoms with E-state index in [2.05, 4.69) is 10.6 Å². The molecule has 22 heavy (non-hydrogen) atoms. The van der Waals surface area contributed by atoms with Crippen molar-refractivity contribution < 1.29 is 9.53 Å². The Morgan fingerprint density at radius 3 is 2.73 bits per heavy atom. The molecule has 0 aromatic heterocycles. The number of rotatable bonds is 5. The molecule has 0 aliphatic rings. The van der Waals surface area contributed by atoms with Crippen LogP contribution in [0.15, 0.2) is 48.5 Å². The van der Waals surface area contributed by atoms with Crippen LogP contribution in [0, 0.1) is 11.3 Å². The van der Waals surface area contributed by atoms with Gasteiger partial charge in [-0.3, -0.25) is 0 Å². The van der Waals surface area contributed by atoms with Gasteiger partial charge in [0.25, 0.3) is 0 Å². The van der Waals surface area contributed by atoms with E-state index in [-0.39, 0.29) is 6.03 Å². The maximum absolute atomic E-state index is 11.7. The number of amides is 2. The van der Waals surface area contributed by atoms with E-state index >= 15 is 0 Å². The van der Waals surface area contributed by atoms with Crippen LogP contribution in [0.2, 0.25) is 5.02 Å². The molecule has 0 fully saturated rings. The van der Waals surface area contributed by atoms with E-state index < -0.39 is 0 Å². The van der Waals surface area contributed by atoms with E-state index in [1.54, 1.807) is 48.5 Å². The molecular formula is C16H14ClN3O2. The van der Waals surface area contributed by atoms with Crippen molar-refractivity contribution in [1.29, 1.82) is 5.26 Å². The molecule has 2 amide bonds. The fourth-order valence-corrected chi connectivity index (χ4v) is 1.83. The fraction of sp³-hybridized carbons (Fsp3) is 0.125. The van der Waals surface area contributed by atoms with Crippen LogP contribution >= 0.6 is 11.6 Å². The summed E-state index contributed by atoms with van der Waals surface area (Å²) in [7, 11) is 0. The molecule has 112 valence electrons. The molecule has 0 unspecified atom stereocenters. The topological polar surface area (TPSA) is 74.2 Å². The lowest BCUT2D eigenvalue weighted by Gasteiger charge is -2.09. The van der Waals surface area contributed by atoms with E-state index in [1.165, 1.54) is 0 Å². The predicted molar refractivity (Wildman–Crippen MR) is 85.1 cm³/mol. The summed E-state index contributed by atoms with van der Waals surface area (Å²) in [6, 6.07) is 15.3. The van der Waals surface area contributed by atoms with E-state index in [9.17, 15) is 4.79 Å². The fourth-order valence-electron chi connectivity index (χ4n) is 1.71. The number of urea groups is 1. The lowest BCUT2D eigenvalue weighted by Crippen LogP contribution is -2.32. The van der Waals surface area contributed by atoms with E-state index in [0.29, 0.717) is 35.2 Å². The first-order valence-electron chi connectivity index (χ1n) is 6.61. The molecular weight excluding hydrogens is 302 g/mol. The van der Waals surface area contributed by atoms with Crippen LogP contribution in [0.25, 0.3) is 0 Å². The zero-order valence-corrected chi connectivity index (χ0v) is 12.4. The second kappa shape index (κ2) is 7.91. The first-order valence-corrected chi connectivity index (χ1v) is 6.98. The van der Waals surface area contributed by atoms with Crippen LogP contribution < -0.4 is 15.4 Å².